The van der Waals surface area contributed by atoms with Gasteiger partial charge in [-0.1, -0.05) is 18.2 Å². The van der Waals surface area contributed by atoms with Gasteiger partial charge in [-0.15, -0.1) is 0 Å². The lowest BCUT2D eigenvalue weighted by Gasteiger charge is -2.27. The third-order valence-corrected chi connectivity index (χ3v) is 4.31. The Morgan fingerprint density at radius 3 is 2.67 bits per heavy atom. The summed E-state index contributed by atoms with van der Waals surface area (Å²) in [5.74, 6) is -0.327. The van der Waals surface area contributed by atoms with E-state index in [4.69, 9.17) is 9.88 Å². The second-order valence-corrected chi connectivity index (χ2v) is 6.37. The molecule has 0 saturated carbocycles. The van der Waals surface area contributed by atoms with Gasteiger partial charge in [0.15, 0.2) is 0 Å². The highest BCUT2D eigenvalue weighted by atomic mass is 32.2. The molecule has 0 spiro atoms. The number of nitrogens with zero attached hydrogens (tertiary/aromatic N) is 1. The van der Waals surface area contributed by atoms with Crippen molar-refractivity contribution < 1.29 is 17.9 Å². The average molecular weight is 310 g/mol. The minimum absolute atomic E-state index is 0.114. The molecule has 7 heteroatoms. The number of ether oxygens (including phenoxy) is 1. The minimum Gasteiger partial charge on any atom is -0.380 e. The van der Waals surface area contributed by atoms with Crippen molar-refractivity contribution >= 4 is 15.9 Å². The summed E-state index contributed by atoms with van der Waals surface area (Å²) in [7, 11) is -2.29. The first kappa shape index (κ1) is 15.7. The number of methoxy groups -OCH3 is 1. The number of rotatable bonds is 4. The van der Waals surface area contributed by atoms with E-state index in [1.54, 1.807) is 24.1 Å². The number of nitrogens with two attached hydrogens (primary N) is 1. The van der Waals surface area contributed by atoms with Crippen LogP contribution in [-0.2, 0) is 14.8 Å². The van der Waals surface area contributed by atoms with Crippen molar-refractivity contribution in [2.75, 3.05) is 26.8 Å². The standard InChI is InChI=1S/C14H18N2O4S/c1-20-10-11-6-8-16(9-7-11)14(17)12-4-2-3-5-13(12)21(15,18)19/h2-6H,7-10H2,1H3,(H2,15,18,19). The second-order valence-electron chi connectivity index (χ2n) is 4.84. The van der Waals surface area contributed by atoms with Gasteiger partial charge in [-0.3, -0.25) is 4.79 Å². The molecule has 0 saturated heterocycles. The molecule has 6 nitrogen and oxygen atoms in total. The van der Waals surface area contributed by atoms with Crippen molar-refractivity contribution in [3.8, 4) is 0 Å². The van der Waals surface area contributed by atoms with E-state index in [2.05, 4.69) is 0 Å². The van der Waals surface area contributed by atoms with E-state index in [1.807, 2.05) is 6.08 Å². The largest absolute Gasteiger partial charge is 0.380 e. The van der Waals surface area contributed by atoms with Crippen LogP contribution >= 0.6 is 0 Å². The van der Waals surface area contributed by atoms with E-state index < -0.39 is 10.0 Å². The monoisotopic (exact) mass is 310 g/mol. The SMILES string of the molecule is COCC1=CCN(C(=O)c2ccccc2S(N)(=O)=O)CC1. The zero-order chi connectivity index (χ0) is 15.5. The van der Waals surface area contributed by atoms with Crippen LogP contribution in [0.3, 0.4) is 0 Å². The molecule has 0 aromatic heterocycles. The van der Waals surface area contributed by atoms with Gasteiger partial charge in [0.2, 0.25) is 10.0 Å². The minimum atomic E-state index is -3.92. The topological polar surface area (TPSA) is 89.7 Å². The molecular weight excluding hydrogens is 292 g/mol. The van der Waals surface area contributed by atoms with Crippen LogP contribution in [0.4, 0.5) is 0 Å². The van der Waals surface area contributed by atoms with Gasteiger partial charge >= 0.3 is 0 Å². The van der Waals surface area contributed by atoms with Crippen LogP contribution in [0.5, 0.6) is 0 Å². The van der Waals surface area contributed by atoms with Crippen LogP contribution in [0, 0.1) is 0 Å². The number of amides is 1. The number of carbonyl (C=O) groups is 1. The summed E-state index contributed by atoms with van der Waals surface area (Å²) in [5, 5.41) is 5.16. The van der Waals surface area contributed by atoms with Gasteiger partial charge in [0, 0.05) is 20.2 Å². The molecule has 1 aromatic carbocycles. The Kier molecular flexibility index (Phi) is 4.76. The molecule has 0 bridgehead atoms. The summed E-state index contributed by atoms with van der Waals surface area (Å²) in [6.45, 7) is 1.53. The smallest absolute Gasteiger partial charge is 0.255 e. The molecule has 0 fully saturated rings. The lowest BCUT2D eigenvalue weighted by Crippen LogP contribution is -2.36. The highest BCUT2D eigenvalue weighted by Crippen LogP contribution is 2.19. The van der Waals surface area contributed by atoms with Crippen LogP contribution in [0.2, 0.25) is 0 Å². The van der Waals surface area contributed by atoms with Crippen LogP contribution < -0.4 is 5.14 Å². The molecule has 0 atom stereocenters. The number of carbonyl (C=O) groups excluding carboxylic acids is 1. The van der Waals surface area contributed by atoms with E-state index in [0.29, 0.717) is 19.7 Å². The summed E-state index contributed by atoms with van der Waals surface area (Å²) in [4.78, 5) is 13.9. The molecule has 0 radical (unpaired) electrons. The molecular formula is C14H18N2O4S. The quantitative estimate of drug-likeness (QED) is 0.831. The zero-order valence-electron chi connectivity index (χ0n) is 11.8. The van der Waals surface area contributed by atoms with Gasteiger partial charge < -0.3 is 9.64 Å². The Morgan fingerprint density at radius 1 is 1.38 bits per heavy atom. The number of hydrogen-bond donors (Lipinski definition) is 1. The summed E-state index contributed by atoms with van der Waals surface area (Å²) in [6, 6.07) is 6.00. The van der Waals surface area contributed by atoms with Crippen LogP contribution in [-0.4, -0.2) is 46.0 Å². The Bertz CT molecular complexity index is 667. The summed E-state index contributed by atoms with van der Waals surface area (Å²) in [5.41, 5.74) is 1.25. The summed E-state index contributed by atoms with van der Waals surface area (Å²) in [6.07, 6.45) is 2.65. The van der Waals surface area contributed by atoms with E-state index in [1.165, 1.54) is 12.1 Å². The Hall–Kier alpha value is -1.70. The lowest BCUT2D eigenvalue weighted by molar-refractivity contribution is 0.0761. The zero-order valence-corrected chi connectivity index (χ0v) is 12.6. The fourth-order valence-corrected chi connectivity index (χ4v) is 3.00. The van der Waals surface area contributed by atoms with Crippen molar-refractivity contribution in [1.29, 1.82) is 0 Å². The van der Waals surface area contributed by atoms with Crippen LogP contribution in [0.15, 0.2) is 40.8 Å². The van der Waals surface area contributed by atoms with Crippen molar-refractivity contribution in [2.45, 2.75) is 11.3 Å². The van der Waals surface area contributed by atoms with Crippen molar-refractivity contribution in [3.05, 3.63) is 41.5 Å². The third-order valence-electron chi connectivity index (χ3n) is 3.34. The summed E-state index contributed by atoms with van der Waals surface area (Å²) >= 11 is 0. The maximum absolute atomic E-state index is 12.5. The Balaban J connectivity index is 2.23. The number of hydrogen-bond acceptors (Lipinski definition) is 4. The highest BCUT2D eigenvalue weighted by Gasteiger charge is 2.24. The van der Waals surface area contributed by atoms with E-state index in [0.717, 1.165) is 12.0 Å². The predicted molar refractivity (Wildman–Crippen MR) is 78.3 cm³/mol. The van der Waals surface area contributed by atoms with Gasteiger partial charge in [0.1, 0.15) is 0 Å². The lowest BCUT2D eigenvalue weighted by atomic mass is 10.1. The Morgan fingerprint density at radius 2 is 2.10 bits per heavy atom. The molecule has 1 heterocycles. The second kappa shape index (κ2) is 6.38. The fourth-order valence-electron chi connectivity index (χ4n) is 2.27. The van der Waals surface area contributed by atoms with E-state index >= 15 is 0 Å². The van der Waals surface area contributed by atoms with Crippen molar-refractivity contribution in [3.63, 3.8) is 0 Å². The molecule has 1 aliphatic rings. The molecule has 114 valence electrons. The number of benzene rings is 1. The first-order valence-corrected chi connectivity index (χ1v) is 8.06. The first-order chi connectivity index (χ1) is 9.93. The highest BCUT2D eigenvalue weighted by molar-refractivity contribution is 7.89. The van der Waals surface area contributed by atoms with Gasteiger partial charge in [-0.2, -0.15) is 0 Å². The van der Waals surface area contributed by atoms with Crippen molar-refractivity contribution in [1.82, 2.24) is 4.90 Å². The first-order valence-electron chi connectivity index (χ1n) is 6.51. The number of sulfonamides is 1. The third kappa shape index (κ3) is 3.69. The Labute approximate surface area is 124 Å². The molecule has 1 aromatic rings. The van der Waals surface area contributed by atoms with Gasteiger partial charge in [0.25, 0.3) is 5.91 Å². The van der Waals surface area contributed by atoms with E-state index in [-0.39, 0.29) is 16.4 Å². The van der Waals surface area contributed by atoms with Gasteiger partial charge in [0.05, 0.1) is 17.1 Å². The van der Waals surface area contributed by atoms with E-state index in [9.17, 15) is 13.2 Å². The molecule has 0 unspecified atom stereocenters. The molecule has 2 rings (SSSR count). The summed E-state index contributed by atoms with van der Waals surface area (Å²) < 4.78 is 28.2. The fraction of sp³-hybridized carbons (Fsp3) is 0.357. The van der Waals surface area contributed by atoms with Crippen molar-refractivity contribution in [2.24, 2.45) is 5.14 Å². The maximum atomic E-state index is 12.5. The average Bonchev–Trinajstić information content (AvgIpc) is 2.47. The van der Waals surface area contributed by atoms with Crippen LogP contribution in [0.25, 0.3) is 0 Å². The van der Waals surface area contributed by atoms with Gasteiger partial charge in [-0.25, -0.2) is 13.6 Å². The van der Waals surface area contributed by atoms with Crippen LogP contribution in [0.1, 0.15) is 16.8 Å². The molecule has 0 aliphatic carbocycles. The predicted octanol–water partition coefficient (Wildman–Crippen LogP) is 0.753. The maximum Gasteiger partial charge on any atom is 0.255 e. The molecule has 1 amide bonds. The normalized spacial score (nSPS) is 15.7. The molecule has 21 heavy (non-hydrogen) atoms. The molecule has 2 N–H and O–H groups in total. The number of primary sulfonamides is 1. The van der Waals surface area contributed by atoms with Gasteiger partial charge in [-0.05, 0) is 24.1 Å². The molecule has 1 aliphatic heterocycles.